The molecule has 3 nitrogen and oxygen atoms in total. The second-order valence-corrected chi connectivity index (χ2v) is 4.66. The lowest BCUT2D eigenvalue weighted by molar-refractivity contribution is 0.0857. The normalized spacial score (nSPS) is 19.3. The van der Waals surface area contributed by atoms with Crippen LogP contribution in [0.15, 0.2) is 18.2 Å². The minimum absolute atomic E-state index is 0.00185. The molecule has 1 unspecified atom stereocenters. The van der Waals surface area contributed by atoms with Crippen LogP contribution in [0.25, 0.3) is 0 Å². The van der Waals surface area contributed by atoms with E-state index in [1.807, 2.05) is 32.0 Å². The van der Waals surface area contributed by atoms with Crippen molar-refractivity contribution in [2.24, 2.45) is 0 Å². The number of benzene rings is 1. The lowest BCUT2D eigenvalue weighted by Gasteiger charge is -2.12. The number of carbonyl (C=O) groups excluding carboxylic acids is 1. The first kappa shape index (κ1) is 12.1. The summed E-state index contributed by atoms with van der Waals surface area (Å²) in [4.78, 5) is 12.0. The van der Waals surface area contributed by atoms with Crippen LogP contribution in [0.4, 0.5) is 0 Å². The molecule has 1 heterocycles. The van der Waals surface area contributed by atoms with Crippen molar-refractivity contribution in [3.8, 4) is 0 Å². The van der Waals surface area contributed by atoms with Gasteiger partial charge >= 0.3 is 0 Å². The second-order valence-electron chi connectivity index (χ2n) is 4.66. The fraction of sp³-hybridized carbons (Fsp3) is 0.500. The van der Waals surface area contributed by atoms with Crippen molar-refractivity contribution in [2.75, 3.05) is 13.2 Å². The molecular weight excluding hydrogens is 214 g/mol. The number of ether oxygens (including phenoxy) is 1. The number of hydrogen-bond donors (Lipinski definition) is 1. The maximum absolute atomic E-state index is 12.0. The summed E-state index contributed by atoms with van der Waals surface area (Å²) in [7, 11) is 0. The summed E-state index contributed by atoms with van der Waals surface area (Å²) in [6.45, 7) is 5.44. The first-order valence-electron chi connectivity index (χ1n) is 6.14. The molecule has 0 aliphatic carbocycles. The van der Waals surface area contributed by atoms with Gasteiger partial charge in [0.05, 0.1) is 6.10 Å². The average Bonchev–Trinajstić information content (AvgIpc) is 2.78. The highest BCUT2D eigenvalue weighted by molar-refractivity contribution is 5.95. The Balaban J connectivity index is 1.94. The zero-order chi connectivity index (χ0) is 12.3. The van der Waals surface area contributed by atoms with E-state index in [9.17, 15) is 4.79 Å². The lowest BCUT2D eigenvalue weighted by atomic mass is 10.1. The molecule has 1 aliphatic rings. The van der Waals surface area contributed by atoms with Crippen molar-refractivity contribution in [1.82, 2.24) is 5.32 Å². The number of nitrogens with one attached hydrogen (secondary N) is 1. The van der Waals surface area contributed by atoms with E-state index in [4.69, 9.17) is 4.74 Å². The Morgan fingerprint density at radius 2 is 2.29 bits per heavy atom. The van der Waals surface area contributed by atoms with E-state index in [0.717, 1.165) is 30.6 Å². The van der Waals surface area contributed by atoms with Gasteiger partial charge in [-0.05, 0) is 38.3 Å². The van der Waals surface area contributed by atoms with Gasteiger partial charge in [-0.15, -0.1) is 0 Å². The number of carbonyl (C=O) groups is 1. The van der Waals surface area contributed by atoms with E-state index < -0.39 is 0 Å². The highest BCUT2D eigenvalue weighted by Gasteiger charge is 2.17. The van der Waals surface area contributed by atoms with Gasteiger partial charge in [0, 0.05) is 18.7 Å². The van der Waals surface area contributed by atoms with Crippen LogP contribution in [0, 0.1) is 13.8 Å². The Morgan fingerprint density at radius 3 is 2.94 bits per heavy atom. The van der Waals surface area contributed by atoms with E-state index in [1.165, 1.54) is 5.56 Å². The van der Waals surface area contributed by atoms with Crippen LogP contribution in [0.2, 0.25) is 0 Å². The highest BCUT2D eigenvalue weighted by Crippen LogP contribution is 2.12. The minimum Gasteiger partial charge on any atom is -0.376 e. The van der Waals surface area contributed by atoms with Crippen LogP contribution >= 0.6 is 0 Å². The number of hydrogen-bond acceptors (Lipinski definition) is 2. The summed E-state index contributed by atoms with van der Waals surface area (Å²) in [6.07, 6.45) is 2.35. The van der Waals surface area contributed by atoms with Crippen LogP contribution in [0.5, 0.6) is 0 Å². The maximum atomic E-state index is 12.0. The number of amides is 1. The predicted molar refractivity (Wildman–Crippen MR) is 67.2 cm³/mol. The lowest BCUT2D eigenvalue weighted by Crippen LogP contribution is -2.32. The first-order chi connectivity index (χ1) is 8.16. The van der Waals surface area contributed by atoms with Gasteiger partial charge in [-0.25, -0.2) is 0 Å². The third kappa shape index (κ3) is 3.07. The van der Waals surface area contributed by atoms with Gasteiger partial charge in [-0.2, -0.15) is 0 Å². The van der Waals surface area contributed by atoms with Gasteiger partial charge in [0.1, 0.15) is 0 Å². The summed E-state index contributed by atoms with van der Waals surface area (Å²) in [5.41, 5.74) is 2.96. The van der Waals surface area contributed by atoms with Crippen LogP contribution in [0.3, 0.4) is 0 Å². The van der Waals surface area contributed by atoms with Gasteiger partial charge in [0.15, 0.2) is 0 Å². The third-order valence-electron chi connectivity index (χ3n) is 3.14. The molecule has 1 fully saturated rings. The largest absolute Gasteiger partial charge is 0.376 e. The molecular formula is C14H19NO2. The van der Waals surface area contributed by atoms with Gasteiger partial charge in [-0.3, -0.25) is 4.79 Å². The number of aryl methyl sites for hydroxylation is 2. The third-order valence-corrected chi connectivity index (χ3v) is 3.14. The van der Waals surface area contributed by atoms with Crippen molar-refractivity contribution in [3.05, 3.63) is 34.9 Å². The molecule has 0 bridgehead atoms. The fourth-order valence-electron chi connectivity index (χ4n) is 2.18. The molecule has 2 rings (SSSR count). The smallest absolute Gasteiger partial charge is 0.251 e. The predicted octanol–water partition coefficient (Wildman–Crippen LogP) is 2.21. The van der Waals surface area contributed by atoms with E-state index in [0.29, 0.717) is 6.54 Å². The Kier molecular flexibility index (Phi) is 3.79. The molecule has 1 aromatic rings. The van der Waals surface area contributed by atoms with E-state index in [1.54, 1.807) is 0 Å². The van der Waals surface area contributed by atoms with Crippen LogP contribution in [0.1, 0.15) is 34.3 Å². The highest BCUT2D eigenvalue weighted by atomic mass is 16.5. The molecule has 92 valence electrons. The van der Waals surface area contributed by atoms with Crippen LogP contribution < -0.4 is 5.32 Å². The Bertz CT molecular complexity index is 409. The van der Waals surface area contributed by atoms with Gasteiger partial charge in [-0.1, -0.05) is 17.7 Å². The summed E-state index contributed by atoms with van der Waals surface area (Å²) in [5, 5.41) is 2.94. The summed E-state index contributed by atoms with van der Waals surface area (Å²) < 4.78 is 5.47. The molecule has 1 saturated heterocycles. The molecule has 17 heavy (non-hydrogen) atoms. The maximum Gasteiger partial charge on any atom is 0.251 e. The van der Waals surface area contributed by atoms with E-state index in [-0.39, 0.29) is 12.0 Å². The minimum atomic E-state index is -0.00185. The Morgan fingerprint density at radius 1 is 1.47 bits per heavy atom. The Hall–Kier alpha value is -1.35. The molecule has 3 heteroatoms. The molecule has 1 aliphatic heterocycles. The van der Waals surface area contributed by atoms with Crippen molar-refractivity contribution >= 4 is 5.91 Å². The standard InChI is InChI=1S/C14H19NO2/c1-10-5-6-13(11(2)8-10)14(16)15-9-12-4-3-7-17-12/h5-6,8,12H,3-4,7,9H2,1-2H3,(H,15,16). The monoisotopic (exact) mass is 233 g/mol. The topological polar surface area (TPSA) is 38.3 Å². The Labute approximate surface area is 102 Å². The van der Waals surface area contributed by atoms with Gasteiger partial charge in [0.2, 0.25) is 0 Å². The van der Waals surface area contributed by atoms with Crippen molar-refractivity contribution in [2.45, 2.75) is 32.8 Å². The van der Waals surface area contributed by atoms with Crippen molar-refractivity contribution in [1.29, 1.82) is 0 Å². The summed E-state index contributed by atoms with van der Waals surface area (Å²) in [6, 6.07) is 5.88. The molecule has 1 atom stereocenters. The second kappa shape index (κ2) is 5.32. The summed E-state index contributed by atoms with van der Waals surface area (Å²) >= 11 is 0. The van der Waals surface area contributed by atoms with Crippen molar-refractivity contribution < 1.29 is 9.53 Å². The quantitative estimate of drug-likeness (QED) is 0.869. The van der Waals surface area contributed by atoms with Crippen LogP contribution in [-0.4, -0.2) is 25.2 Å². The molecule has 1 amide bonds. The van der Waals surface area contributed by atoms with Gasteiger partial charge < -0.3 is 10.1 Å². The zero-order valence-corrected chi connectivity index (χ0v) is 10.5. The molecule has 1 N–H and O–H groups in total. The van der Waals surface area contributed by atoms with Crippen molar-refractivity contribution in [3.63, 3.8) is 0 Å². The molecule has 0 spiro atoms. The number of rotatable bonds is 3. The molecule has 1 aromatic carbocycles. The van der Waals surface area contributed by atoms with Gasteiger partial charge in [0.25, 0.3) is 5.91 Å². The average molecular weight is 233 g/mol. The van der Waals surface area contributed by atoms with Crippen LogP contribution in [-0.2, 0) is 4.74 Å². The molecule has 0 radical (unpaired) electrons. The van der Waals surface area contributed by atoms with E-state index >= 15 is 0 Å². The first-order valence-corrected chi connectivity index (χ1v) is 6.14. The zero-order valence-electron chi connectivity index (χ0n) is 10.5. The molecule has 0 aromatic heterocycles. The summed E-state index contributed by atoms with van der Waals surface area (Å²) in [5.74, 6) is -0.00185. The molecule has 0 saturated carbocycles. The SMILES string of the molecule is Cc1ccc(C(=O)NCC2CCCO2)c(C)c1. The van der Waals surface area contributed by atoms with E-state index in [2.05, 4.69) is 5.32 Å². The fourth-order valence-corrected chi connectivity index (χ4v) is 2.18.